The van der Waals surface area contributed by atoms with Crippen LogP contribution in [0.15, 0.2) is 52.5 Å². The molecule has 0 atom stereocenters. The Morgan fingerprint density at radius 1 is 1.20 bits per heavy atom. The minimum absolute atomic E-state index is 0.0448. The van der Waals surface area contributed by atoms with Gasteiger partial charge in [-0.25, -0.2) is 4.98 Å². The van der Waals surface area contributed by atoms with E-state index in [9.17, 15) is 4.79 Å². The van der Waals surface area contributed by atoms with Gasteiger partial charge in [-0.05, 0) is 57.9 Å². The van der Waals surface area contributed by atoms with Gasteiger partial charge in [0.15, 0.2) is 0 Å². The molecule has 1 fully saturated rings. The molecule has 184 valence electrons. The molecule has 35 heavy (non-hydrogen) atoms. The van der Waals surface area contributed by atoms with Crippen LogP contribution in [0.4, 0.5) is 5.69 Å². The fourth-order valence-corrected chi connectivity index (χ4v) is 4.00. The molecule has 0 amide bonds. The molecule has 8 heteroatoms. The fourth-order valence-electron chi connectivity index (χ4n) is 4.00. The van der Waals surface area contributed by atoms with E-state index in [0.717, 1.165) is 35.3 Å². The molecule has 1 aliphatic rings. The third-order valence-electron chi connectivity index (χ3n) is 5.88. The van der Waals surface area contributed by atoms with Gasteiger partial charge in [-0.2, -0.15) is 5.26 Å². The zero-order chi connectivity index (χ0) is 25.4. The molecular formula is C27H34N6O2. The highest BCUT2D eigenvalue weighted by Crippen LogP contribution is 2.29. The van der Waals surface area contributed by atoms with Gasteiger partial charge in [0.2, 0.25) is 0 Å². The Morgan fingerprint density at radius 2 is 1.94 bits per heavy atom. The Morgan fingerprint density at radius 3 is 2.57 bits per heavy atom. The standard InChI is InChI=1S/C17H20N4O.C10H14N2O/c1-20(13-6-4-3-5-7-13)15-10-16(22)21(2)14-9-8-12(11-18)19-17(14)15;1-10(2,3)13-12-8-9-6-4-5-7-11-9/h8-10,13H,3-7H2,1-2H3;4-8H,1-3H3/b;12-8-. The lowest BCUT2D eigenvalue weighted by Gasteiger charge is -2.33. The first-order valence-corrected chi connectivity index (χ1v) is 12.0. The molecule has 0 unspecified atom stereocenters. The van der Waals surface area contributed by atoms with Crippen LogP contribution in [0.25, 0.3) is 11.0 Å². The molecule has 0 N–H and O–H groups in total. The van der Waals surface area contributed by atoms with Gasteiger partial charge in [-0.1, -0.05) is 30.5 Å². The normalized spacial score (nSPS) is 14.3. The molecule has 8 nitrogen and oxygen atoms in total. The monoisotopic (exact) mass is 474 g/mol. The third-order valence-corrected chi connectivity index (χ3v) is 5.88. The number of nitriles is 1. The summed E-state index contributed by atoms with van der Waals surface area (Å²) >= 11 is 0. The maximum atomic E-state index is 12.2. The average Bonchev–Trinajstić information content (AvgIpc) is 2.86. The van der Waals surface area contributed by atoms with Crippen LogP contribution in [0.3, 0.4) is 0 Å². The van der Waals surface area contributed by atoms with Gasteiger partial charge in [0.1, 0.15) is 22.9 Å². The van der Waals surface area contributed by atoms with Crippen LogP contribution in [0, 0.1) is 11.3 Å². The number of pyridine rings is 3. The van der Waals surface area contributed by atoms with Crippen LogP contribution in [-0.2, 0) is 11.9 Å². The Kier molecular flexibility index (Phi) is 8.58. The molecule has 0 aliphatic heterocycles. The molecule has 0 bridgehead atoms. The van der Waals surface area contributed by atoms with Crippen molar-refractivity contribution in [3.05, 3.63) is 64.3 Å². The van der Waals surface area contributed by atoms with Crippen LogP contribution < -0.4 is 10.5 Å². The summed E-state index contributed by atoms with van der Waals surface area (Å²) in [5.74, 6) is 0. The second-order valence-electron chi connectivity index (χ2n) is 9.70. The van der Waals surface area contributed by atoms with E-state index >= 15 is 0 Å². The minimum Gasteiger partial charge on any atom is -0.390 e. The quantitative estimate of drug-likeness (QED) is 0.398. The van der Waals surface area contributed by atoms with E-state index in [1.54, 1.807) is 42.2 Å². The SMILES string of the molecule is CC(C)(C)O/N=C\c1ccccn1.CN(c1cc(=O)n(C)c2ccc(C#N)nc12)C1CCCCC1. The summed E-state index contributed by atoms with van der Waals surface area (Å²) in [5, 5.41) is 12.9. The smallest absolute Gasteiger partial charge is 0.252 e. The summed E-state index contributed by atoms with van der Waals surface area (Å²) in [5.41, 5.74) is 3.22. The van der Waals surface area contributed by atoms with Gasteiger partial charge in [-0.3, -0.25) is 9.78 Å². The number of fused-ring (bicyclic) bond motifs is 1. The molecular weight excluding hydrogens is 440 g/mol. The number of hydrogen-bond donors (Lipinski definition) is 0. The topological polar surface area (TPSA) is 96.4 Å². The van der Waals surface area contributed by atoms with Crippen molar-refractivity contribution < 1.29 is 4.84 Å². The van der Waals surface area contributed by atoms with Crippen LogP contribution in [-0.4, -0.2) is 39.4 Å². The van der Waals surface area contributed by atoms with Crippen molar-refractivity contribution in [1.82, 2.24) is 14.5 Å². The molecule has 0 saturated heterocycles. The zero-order valence-corrected chi connectivity index (χ0v) is 21.2. The van der Waals surface area contributed by atoms with Crippen molar-refractivity contribution in [2.24, 2.45) is 12.2 Å². The average molecular weight is 475 g/mol. The summed E-state index contributed by atoms with van der Waals surface area (Å²) in [7, 11) is 3.77. The first-order valence-electron chi connectivity index (χ1n) is 12.0. The summed E-state index contributed by atoms with van der Waals surface area (Å²) in [4.78, 5) is 28.1. The van der Waals surface area contributed by atoms with Crippen molar-refractivity contribution in [3.8, 4) is 6.07 Å². The Balaban J connectivity index is 0.000000225. The van der Waals surface area contributed by atoms with Crippen molar-refractivity contribution in [2.45, 2.75) is 64.5 Å². The second kappa shape index (κ2) is 11.6. The number of aryl methyl sites for hydroxylation is 1. The highest BCUT2D eigenvalue weighted by atomic mass is 16.6. The number of nitrogens with zero attached hydrogens (tertiary/aromatic N) is 6. The van der Waals surface area contributed by atoms with E-state index in [-0.39, 0.29) is 11.2 Å². The summed E-state index contributed by atoms with van der Waals surface area (Å²) in [6.45, 7) is 5.84. The molecule has 4 rings (SSSR count). The van der Waals surface area contributed by atoms with E-state index in [1.807, 2.05) is 46.0 Å². The molecule has 1 saturated carbocycles. The predicted molar refractivity (Wildman–Crippen MR) is 140 cm³/mol. The fraction of sp³-hybridized carbons (Fsp3) is 0.444. The van der Waals surface area contributed by atoms with Gasteiger partial charge in [0, 0.05) is 32.4 Å². The third kappa shape index (κ3) is 7.12. The zero-order valence-electron chi connectivity index (χ0n) is 21.2. The van der Waals surface area contributed by atoms with E-state index in [4.69, 9.17) is 10.1 Å². The van der Waals surface area contributed by atoms with Crippen LogP contribution >= 0.6 is 0 Å². The molecule has 3 aromatic rings. The molecule has 0 radical (unpaired) electrons. The van der Waals surface area contributed by atoms with Gasteiger partial charge < -0.3 is 14.3 Å². The van der Waals surface area contributed by atoms with Gasteiger partial charge >= 0.3 is 0 Å². The lowest BCUT2D eigenvalue weighted by Crippen LogP contribution is -2.34. The summed E-state index contributed by atoms with van der Waals surface area (Å²) < 4.78 is 1.59. The highest BCUT2D eigenvalue weighted by molar-refractivity contribution is 5.88. The Labute approximate surface area is 206 Å². The molecule has 1 aliphatic carbocycles. The van der Waals surface area contributed by atoms with Crippen molar-refractivity contribution in [3.63, 3.8) is 0 Å². The summed E-state index contributed by atoms with van der Waals surface area (Å²) in [6.07, 6.45) is 9.36. The van der Waals surface area contributed by atoms with Crippen molar-refractivity contribution in [1.29, 1.82) is 5.26 Å². The highest BCUT2D eigenvalue weighted by Gasteiger charge is 2.21. The van der Waals surface area contributed by atoms with Gasteiger partial charge in [-0.15, -0.1) is 0 Å². The lowest BCUT2D eigenvalue weighted by atomic mass is 9.94. The Hall–Kier alpha value is -3.73. The van der Waals surface area contributed by atoms with Gasteiger partial charge in [0.05, 0.1) is 23.1 Å². The summed E-state index contributed by atoms with van der Waals surface area (Å²) in [6, 6.07) is 13.3. The van der Waals surface area contributed by atoms with E-state index in [1.165, 1.54) is 19.3 Å². The lowest BCUT2D eigenvalue weighted by molar-refractivity contribution is 0.00196. The first-order chi connectivity index (χ1) is 16.7. The van der Waals surface area contributed by atoms with Crippen LogP contribution in [0.1, 0.15) is 64.3 Å². The van der Waals surface area contributed by atoms with E-state index in [2.05, 4.69) is 26.1 Å². The number of anilines is 1. The maximum absolute atomic E-state index is 12.2. The van der Waals surface area contributed by atoms with Crippen LogP contribution in [0.2, 0.25) is 0 Å². The second-order valence-corrected chi connectivity index (χ2v) is 9.70. The first kappa shape index (κ1) is 25.9. The van der Waals surface area contributed by atoms with Crippen molar-refractivity contribution >= 4 is 22.9 Å². The maximum Gasteiger partial charge on any atom is 0.252 e. The van der Waals surface area contributed by atoms with Gasteiger partial charge in [0.25, 0.3) is 5.56 Å². The predicted octanol–water partition coefficient (Wildman–Crippen LogP) is 4.80. The molecule has 0 aromatic carbocycles. The number of oxime groups is 1. The Bertz CT molecular complexity index is 1250. The number of aromatic nitrogens is 3. The van der Waals surface area contributed by atoms with Crippen molar-refractivity contribution in [2.75, 3.05) is 11.9 Å². The van der Waals surface area contributed by atoms with Crippen LogP contribution in [0.5, 0.6) is 0 Å². The molecule has 3 heterocycles. The number of rotatable bonds is 4. The molecule has 0 spiro atoms. The van der Waals surface area contributed by atoms with E-state index in [0.29, 0.717) is 11.7 Å². The molecule has 3 aromatic heterocycles. The van der Waals surface area contributed by atoms with E-state index < -0.39 is 0 Å². The minimum atomic E-state index is -0.245. The largest absolute Gasteiger partial charge is 0.390 e. The number of hydrogen-bond acceptors (Lipinski definition) is 7.